The molecule has 1 aromatic rings. The molecule has 3 nitrogen and oxygen atoms in total. The monoisotopic (exact) mass is 203 g/mol. The van der Waals surface area contributed by atoms with Crippen LogP contribution in [0.2, 0.25) is 0 Å². The Balaban J connectivity index is 1.76. The van der Waals surface area contributed by atoms with E-state index in [0.717, 1.165) is 23.4 Å². The summed E-state index contributed by atoms with van der Waals surface area (Å²) in [7, 11) is 2.03. The van der Waals surface area contributed by atoms with Crippen molar-refractivity contribution in [3.8, 4) is 0 Å². The average Bonchev–Trinajstić information content (AvgIpc) is 2.89. The van der Waals surface area contributed by atoms with Gasteiger partial charge in [0.15, 0.2) is 0 Å². The average molecular weight is 203 g/mol. The minimum absolute atomic E-state index is 0.409. The Bertz CT molecular complexity index is 328. The van der Waals surface area contributed by atoms with Gasteiger partial charge < -0.3 is 5.32 Å². The lowest BCUT2D eigenvalue weighted by Gasteiger charge is -2.23. The molecule has 2 fully saturated rings. The number of fused-ring (bicyclic) bond motifs is 1. The predicted molar refractivity (Wildman–Crippen MR) is 58.2 cm³/mol. The molecule has 0 bridgehead atoms. The molecule has 1 aromatic heterocycles. The van der Waals surface area contributed by atoms with Gasteiger partial charge in [0.1, 0.15) is 0 Å². The van der Waals surface area contributed by atoms with Gasteiger partial charge in [-0.1, -0.05) is 0 Å². The number of nitrogens with zero attached hydrogens (tertiary/aromatic N) is 2. The van der Waals surface area contributed by atoms with Crippen molar-refractivity contribution in [3.05, 3.63) is 24.3 Å². The van der Waals surface area contributed by atoms with Crippen LogP contribution < -0.4 is 5.32 Å². The largest absolute Gasteiger partial charge is 0.311 e. The predicted octanol–water partition coefficient (Wildman–Crippen LogP) is 1.78. The first-order valence-corrected chi connectivity index (χ1v) is 5.81. The molecular formula is C12H17N3. The van der Waals surface area contributed by atoms with Crippen LogP contribution in [0.4, 0.5) is 0 Å². The maximum absolute atomic E-state index is 4.41. The Morgan fingerprint density at radius 1 is 1.27 bits per heavy atom. The maximum Gasteiger partial charge on any atom is 0.0758 e. The Hall–Kier alpha value is -0.960. The number of aromatic nitrogens is 2. The summed E-state index contributed by atoms with van der Waals surface area (Å²) < 4.78 is 0. The van der Waals surface area contributed by atoms with E-state index in [1.807, 2.05) is 13.2 Å². The highest BCUT2D eigenvalue weighted by atomic mass is 14.9. The van der Waals surface area contributed by atoms with Crippen LogP contribution in [-0.2, 0) is 0 Å². The summed E-state index contributed by atoms with van der Waals surface area (Å²) in [5.74, 6) is 2.83. The zero-order valence-corrected chi connectivity index (χ0v) is 9.06. The Kier molecular flexibility index (Phi) is 2.20. The molecule has 1 heterocycles. The van der Waals surface area contributed by atoms with Gasteiger partial charge in [0.25, 0.3) is 0 Å². The molecule has 3 unspecified atom stereocenters. The van der Waals surface area contributed by atoms with Crippen LogP contribution in [0.1, 0.15) is 31.0 Å². The van der Waals surface area contributed by atoms with Gasteiger partial charge in [-0.05, 0) is 44.1 Å². The second kappa shape index (κ2) is 3.56. The van der Waals surface area contributed by atoms with Gasteiger partial charge >= 0.3 is 0 Å². The van der Waals surface area contributed by atoms with Gasteiger partial charge in [-0.25, -0.2) is 0 Å². The molecule has 0 saturated heterocycles. The third-order valence-electron chi connectivity index (χ3n) is 3.96. The molecule has 0 spiro atoms. The molecule has 0 aromatic carbocycles. The van der Waals surface area contributed by atoms with E-state index in [4.69, 9.17) is 0 Å². The maximum atomic E-state index is 4.41. The lowest BCUT2D eigenvalue weighted by molar-refractivity contribution is 0.352. The molecule has 2 saturated carbocycles. The summed E-state index contributed by atoms with van der Waals surface area (Å²) in [6.45, 7) is 0. The number of nitrogens with one attached hydrogen (secondary N) is 1. The fourth-order valence-corrected chi connectivity index (χ4v) is 3.13. The van der Waals surface area contributed by atoms with Crippen LogP contribution in [0, 0.1) is 17.8 Å². The van der Waals surface area contributed by atoms with E-state index in [1.54, 1.807) is 12.4 Å². The second-order valence-corrected chi connectivity index (χ2v) is 4.88. The van der Waals surface area contributed by atoms with E-state index >= 15 is 0 Å². The van der Waals surface area contributed by atoms with Crippen LogP contribution in [0.3, 0.4) is 0 Å². The van der Waals surface area contributed by atoms with E-state index in [2.05, 4.69) is 15.3 Å². The normalized spacial score (nSPS) is 34.9. The second-order valence-electron chi connectivity index (χ2n) is 4.88. The van der Waals surface area contributed by atoms with Gasteiger partial charge in [-0.15, -0.1) is 0 Å². The van der Waals surface area contributed by atoms with Crippen LogP contribution in [0.25, 0.3) is 0 Å². The fourth-order valence-electron chi connectivity index (χ4n) is 3.13. The molecule has 1 N–H and O–H groups in total. The smallest absolute Gasteiger partial charge is 0.0758 e. The van der Waals surface area contributed by atoms with Gasteiger partial charge in [0.05, 0.1) is 11.7 Å². The van der Waals surface area contributed by atoms with E-state index < -0.39 is 0 Å². The first-order valence-electron chi connectivity index (χ1n) is 5.81. The van der Waals surface area contributed by atoms with Crippen molar-refractivity contribution >= 4 is 0 Å². The van der Waals surface area contributed by atoms with Crippen molar-refractivity contribution in [2.75, 3.05) is 7.05 Å². The summed E-state index contributed by atoms with van der Waals surface area (Å²) in [5, 5.41) is 3.40. The third-order valence-corrected chi connectivity index (χ3v) is 3.96. The molecule has 15 heavy (non-hydrogen) atoms. The Morgan fingerprint density at radius 2 is 2.07 bits per heavy atom. The Morgan fingerprint density at radius 3 is 2.67 bits per heavy atom. The highest BCUT2D eigenvalue weighted by Crippen LogP contribution is 2.56. The van der Waals surface area contributed by atoms with Crippen molar-refractivity contribution in [1.29, 1.82) is 0 Å². The standard InChI is InChI=1S/C12H17N3/c1-13-12(11-7-14-2-3-15-11)10-5-8-4-9(8)6-10/h2-3,7-10,12-13H,4-6H2,1H3. The highest BCUT2D eigenvalue weighted by molar-refractivity contribution is 5.08. The van der Waals surface area contributed by atoms with Crippen LogP contribution in [0.5, 0.6) is 0 Å². The lowest BCUT2D eigenvalue weighted by Crippen LogP contribution is -2.25. The first kappa shape index (κ1) is 9.28. The first-order chi connectivity index (χ1) is 7.38. The van der Waals surface area contributed by atoms with Crippen LogP contribution in [-0.4, -0.2) is 17.0 Å². The van der Waals surface area contributed by atoms with Gasteiger partial charge in [0, 0.05) is 18.6 Å². The molecule has 0 amide bonds. The highest BCUT2D eigenvalue weighted by Gasteiger charge is 2.48. The number of hydrogen-bond acceptors (Lipinski definition) is 3. The summed E-state index contributed by atoms with van der Waals surface area (Å²) >= 11 is 0. The van der Waals surface area contributed by atoms with Gasteiger partial charge in [0.2, 0.25) is 0 Å². The zero-order chi connectivity index (χ0) is 10.3. The summed E-state index contributed by atoms with van der Waals surface area (Å²) in [6.07, 6.45) is 9.66. The van der Waals surface area contributed by atoms with Crippen LogP contribution >= 0.6 is 0 Å². The van der Waals surface area contributed by atoms with Crippen molar-refractivity contribution in [2.24, 2.45) is 17.8 Å². The molecule has 2 aliphatic rings. The van der Waals surface area contributed by atoms with Crippen molar-refractivity contribution in [1.82, 2.24) is 15.3 Å². The molecule has 80 valence electrons. The summed E-state index contributed by atoms with van der Waals surface area (Å²) in [5.41, 5.74) is 1.10. The molecule has 3 heteroatoms. The van der Waals surface area contributed by atoms with E-state index in [-0.39, 0.29) is 0 Å². The molecular weight excluding hydrogens is 186 g/mol. The zero-order valence-electron chi connectivity index (χ0n) is 9.06. The van der Waals surface area contributed by atoms with E-state index in [1.165, 1.54) is 19.3 Å². The molecule has 2 aliphatic carbocycles. The molecule has 3 atom stereocenters. The molecule has 3 rings (SSSR count). The van der Waals surface area contributed by atoms with E-state index in [9.17, 15) is 0 Å². The van der Waals surface area contributed by atoms with Crippen molar-refractivity contribution in [2.45, 2.75) is 25.3 Å². The minimum Gasteiger partial charge on any atom is -0.311 e. The van der Waals surface area contributed by atoms with Gasteiger partial charge in [-0.3, -0.25) is 9.97 Å². The fraction of sp³-hybridized carbons (Fsp3) is 0.667. The summed E-state index contributed by atoms with van der Waals surface area (Å²) in [6, 6.07) is 0.409. The summed E-state index contributed by atoms with van der Waals surface area (Å²) in [4.78, 5) is 8.56. The van der Waals surface area contributed by atoms with Crippen LogP contribution in [0.15, 0.2) is 18.6 Å². The lowest BCUT2D eigenvalue weighted by atomic mass is 9.92. The number of rotatable bonds is 3. The topological polar surface area (TPSA) is 37.8 Å². The molecule has 0 aliphatic heterocycles. The van der Waals surface area contributed by atoms with Crippen molar-refractivity contribution in [3.63, 3.8) is 0 Å². The minimum atomic E-state index is 0.409. The quantitative estimate of drug-likeness (QED) is 0.813. The SMILES string of the molecule is CNC(c1cnccn1)C1CC2CC2C1. The van der Waals surface area contributed by atoms with Gasteiger partial charge in [-0.2, -0.15) is 0 Å². The Labute approximate surface area is 90.3 Å². The molecule has 0 radical (unpaired) electrons. The van der Waals surface area contributed by atoms with Crippen molar-refractivity contribution < 1.29 is 0 Å². The van der Waals surface area contributed by atoms with E-state index in [0.29, 0.717) is 6.04 Å². The third kappa shape index (κ3) is 1.65. The number of hydrogen-bond donors (Lipinski definition) is 1.